The Morgan fingerprint density at radius 2 is 2.05 bits per heavy atom. The van der Waals surface area contributed by atoms with Crippen LogP contribution in [-0.4, -0.2) is 37.0 Å². The molecular formula is C15H20N2O3S. The predicted octanol–water partition coefficient (Wildman–Crippen LogP) is 1.62. The molecule has 1 aliphatic carbocycles. The van der Waals surface area contributed by atoms with Crippen molar-refractivity contribution in [2.45, 2.75) is 37.5 Å². The van der Waals surface area contributed by atoms with Gasteiger partial charge in [-0.05, 0) is 30.5 Å². The van der Waals surface area contributed by atoms with Crippen molar-refractivity contribution in [2.24, 2.45) is 0 Å². The van der Waals surface area contributed by atoms with E-state index in [1.807, 2.05) is 6.07 Å². The van der Waals surface area contributed by atoms with Crippen molar-refractivity contribution < 1.29 is 13.5 Å². The third kappa shape index (κ3) is 4.03. The summed E-state index contributed by atoms with van der Waals surface area (Å²) in [4.78, 5) is 0. The lowest BCUT2D eigenvalue weighted by Crippen LogP contribution is -2.41. The summed E-state index contributed by atoms with van der Waals surface area (Å²) >= 11 is 0. The van der Waals surface area contributed by atoms with Gasteiger partial charge in [-0.1, -0.05) is 25.0 Å². The second kappa shape index (κ2) is 7.03. The molecule has 114 valence electrons. The third-order valence-electron chi connectivity index (χ3n) is 3.81. The van der Waals surface area contributed by atoms with Crippen LogP contribution in [0.3, 0.4) is 0 Å². The molecule has 1 aromatic rings. The summed E-state index contributed by atoms with van der Waals surface area (Å²) in [5.74, 6) is -0.126. The molecule has 0 amide bonds. The van der Waals surface area contributed by atoms with Gasteiger partial charge in [0, 0.05) is 12.6 Å². The number of aliphatic hydroxyl groups is 1. The quantitative estimate of drug-likeness (QED) is 0.866. The summed E-state index contributed by atoms with van der Waals surface area (Å²) in [6.45, 7) is -0.0289. The zero-order chi connectivity index (χ0) is 15.3. The van der Waals surface area contributed by atoms with Crippen LogP contribution in [0.25, 0.3) is 0 Å². The minimum atomic E-state index is -3.48. The fourth-order valence-corrected chi connectivity index (χ4v) is 4.66. The average Bonchev–Trinajstić information content (AvgIpc) is 2.98. The Kier molecular flexibility index (Phi) is 5.34. The van der Waals surface area contributed by atoms with E-state index in [1.165, 1.54) is 4.31 Å². The first-order valence-electron chi connectivity index (χ1n) is 7.16. The second-order valence-electron chi connectivity index (χ2n) is 5.34. The number of benzene rings is 1. The van der Waals surface area contributed by atoms with Crippen molar-refractivity contribution in [1.29, 1.82) is 5.26 Å². The van der Waals surface area contributed by atoms with E-state index in [1.54, 1.807) is 24.3 Å². The van der Waals surface area contributed by atoms with Gasteiger partial charge in [0.1, 0.15) is 0 Å². The Balaban J connectivity index is 2.19. The van der Waals surface area contributed by atoms with Crippen LogP contribution < -0.4 is 0 Å². The average molecular weight is 308 g/mol. The number of hydrogen-bond acceptors (Lipinski definition) is 4. The van der Waals surface area contributed by atoms with E-state index < -0.39 is 10.0 Å². The lowest BCUT2D eigenvalue weighted by atomic mass is 10.2. The van der Waals surface area contributed by atoms with Gasteiger partial charge in [-0.15, -0.1) is 0 Å². The molecule has 21 heavy (non-hydrogen) atoms. The third-order valence-corrected chi connectivity index (χ3v) is 5.71. The smallest absolute Gasteiger partial charge is 0.218 e. The molecule has 1 fully saturated rings. The Morgan fingerprint density at radius 3 is 2.67 bits per heavy atom. The minimum absolute atomic E-state index is 0.00120. The number of hydrogen-bond donors (Lipinski definition) is 1. The number of rotatable bonds is 6. The lowest BCUT2D eigenvalue weighted by Gasteiger charge is -2.27. The summed E-state index contributed by atoms with van der Waals surface area (Å²) in [6.07, 6.45) is 3.78. The molecule has 0 aliphatic heterocycles. The summed E-state index contributed by atoms with van der Waals surface area (Å²) in [5.41, 5.74) is 1.06. The minimum Gasteiger partial charge on any atom is -0.395 e. The molecule has 0 atom stereocenters. The SMILES string of the molecule is N#Cc1cccc(CS(=O)(=O)N(CCO)C2CCCC2)c1. The largest absolute Gasteiger partial charge is 0.395 e. The molecule has 2 rings (SSSR count). The zero-order valence-electron chi connectivity index (χ0n) is 11.9. The highest BCUT2D eigenvalue weighted by atomic mass is 32.2. The normalized spacial score (nSPS) is 16.2. The van der Waals surface area contributed by atoms with Crippen molar-refractivity contribution in [1.82, 2.24) is 4.31 Å². The molecule has 0 aromatic heterocycles. The monoisotopic (exact) mass is 308 g/mol. The predicted molar refractivity (Wildman–Crippen MR) is 79.8 cm³/mol. The molecule has 0 bridgehead atoms. The summed E-state index contributed by atoms with van der Waals surface area (Å²) in [6, 6.07) is 8.67. The van der Waals surface area contributed by atoms with Crippen molar-refractivity contribution in [3.05, 3.63) is 35.4 Å². The van der Waals surface area contributed by atoms with E-state index in [0.717, 1.165) is 25.7 Å². The molecule has 0 unspecified atom stereocenters. The van der Waals surface area contributed by atoms with Gasteiger partial charge >= 0.3 is 0 Å². The molecule has 0 heterocycles. The van der Waals surface area contributed by atoms with Gasteiger partial charge in [0.05, 0.1) is 24.0 Å². The Morgan fingerprint density at radius 1 is 1.33 bits per heavy atom. The van der Waals surface area contributed by atoms with Gasteiger partial charge in [0.25, 0.3) is 0 Å². The van der Waals surface area contributed by atoms with Gasteiger partial charge < -0.3 is 5.11 Å². The number of nitrogens with zero attached hydrogens (tertiary/aromatic N) is 2. The molecule has 0 saturated heterocycles. The fourth-order valence-electron chi connectivity index (χ4n) is 2.86. The first-order chi connectivity index (χ1) is 10.1. The number of aliphatic hydroxyl groups excluding tert-OH is 1. The standard InChI is InChI=1S/C15H20N2O3S/c16-11-13-4-3-5-14(10-13)12-21(19,20)17(8-9-18)15-6-1-2-7-15/h3-5,10,15,18H,1-2,6-9,12H2. The van der Waals surface area contributed by atoms with E-state index in [0.29, 0.717) is 11.1 Å². The highest BCUT2D eigenvalue weighted by Gasteiger charge is 2.31. The maximum Gasteiger partial charge on any atom is 0.218 e. The highest BCUT2D eigenvalue weighted by molar-refractivity contribution is 7.88. The van der Waals surface area contributed by atoms with Crippen molar-refractivity contribution >= 4 is 10.0 Å². The van der Waals surface area contributed by atoms with Crippen molar-refractivity contribution in [2.75, 3.05) is 13.2 Å². The Labute approximate surface area is 125 Å². The van der Waals surface area contributed by atoms with Gasteiger partial charge in [-0.3, -0.25) is 0 Å². The van der Waals surface area contributed by atoms with Crippen molar-refractivity contribution in [3.8, 4) is 6.07 Å². The molecule has 1 aromatic carbocycles. The Hall–Kier alpha value is -1.42. The maximum atomic E-state index is 12.6. The van der Waals surface area contributed by atoms with E-state index in [9.17, 15) is 8.42 Å². The van der Waals surface area contributed by atoms with Gasteiger partial charge in [0.2, 0.25) is 10.0 Å². The van der Waals surface area contributed by atoms with Crippen LogP contribution in [0.1, 0.15) is 36.8 Å². The zero-order valence-corrected chi connectivity index (χ0v) is 12.7. The van der Waals surface area contributed by atoms with E-state index in [-0.39, 0.29) is 24.9 Å². The maximum absolute atomic E-state index is 12.6. The van der Waals surface area contributed by atoms with Crippen LogP contribution >= 0.6 is 0 Å². The summed E-state index contributed by atoms with van der Waals surface area (Å²) in [7, 11) is -3.48. The van der Waals surface area contributed by atoms with E-state index in [4.69, 9.17) is 10.4 Å². The van der Waals surface area contributed by atoms with Crippen LogP contribution in [-0.2, 0) is 15.8 Å². The van der Waals surface area contributed by atoms with E-state index >= 15 is 0 Å². The summed E-state index contributed by atoms with van der Waals surface area (Å²) < 4.78 is 26.7. The number of sulfonamides is 1. The first-order valence-corrected chi connectivity index (χ1v) is 8.77. The fraction of sp³-hybridized carbons (Fsp3) is 0.533. The molecule has 1 saturated carbocycles. The van der Waals surface area contributed by atoms with Crippen LogP contribution in [0.4, 0.5) is 0 Å². The molecular weight excluding hydrogens is 288 g/mol. The van der Waals surface area contributed by atoms with Gasteiger partial charge in [-0.25, -0.2) is 8.42 Å². The first kappa shape index (κ1) is 16.0. The molecule has 1 aliphatic rings. The molecule has 5 nitrogen and oxygen atoms in total. The van der Waals surface area contributed by atoms with E-state index in [2.05, 4.69) is 0 Å². The second-order valence-corrected chi connectivity index (χ2v) is 7.26. The van der Waals surface area contributed by atoms with Crippen LogP contribution in [0, 0.1) is 11.3 Å². The number of nitriles is 1. The molecule has 6 heteroatoms. The molecule has 1 N–H and O–H groups in total. The van der Waals surface area contributed by atoms with Crippen LogP contribution in [0.15, 0.2) is 24.3 Å². The summed E-state index contributed by atoms with van der Waals surface area (Å²) in [5, 5.41) is 18.0. The molecule has 0 spiro atoms. The molecule has 0 radical (unpaired) electrons. The van der Waals surface area contributed by atoms with Crippen LogP contribution in [0.2, 0.25) is 0 Å². The Bertz CT molecular complexity index is 616. The highest BCUT2D eigenvalue weighted by Crippen LogP contribution is 2.26. The van der Waals surface area contributed by atoms with Crippen LogP contribution in [0.5, 0.6) is 0 Å². The topological polar surface area (TPSA) is 81.4 Å². The van der Waals surface area contributed by atoms with Gasteiger partial charge in [-0.2, -0.15) is 9.57 Å². The lowest BCUT2D eigenvalue weighted by molar-refractivity contribution is 0.226. The van der Waals surface area contributed by atoms with Crippen molar-refractivity contribution in [3.63, 3.8) is 0 Å². The van der Waals surface area contributed by atoms with Gasteiger partial charge in [0.15, 0.2) is 0 Å².